The van der Waals surface area contributed by atoms with Crippen molar-refractivity contribution in [3.63, 3.8) is 0 Å². The number of nitrogens with zero attached hydrogens (tertiary/aromatic N) is 2. The number of amides is 1. The minimum Gasteiger partial charge on any atom is -0.477 e. The van der Waals surface area contributed by atoms with Gasteiger partial charge in [0.2, 0.25) is 5.91 Å². The van der Waals surface area contributed by atoms with Crippen molar-refractivity contribution in [3.8, 4) is 10.6 Å². The van der Waals surface area contributed by atoms with E-state index < -0.39 is 5.97 Å². The standard InChI is InChI=1S/C14H11N5O3S/c20-10-5-6(11-12(14(21)22)18-19-13(11)16-10)8-1-2-9(23-8)7-3-4-15-17-7/h1-4,6H,5H2,(H,15,17)(H,21,22)(H2,16,18,19,20)/t6-/m1/s1. The second kappa shape index (κ2) is 5.06. The molecule has 8 nitrogen and oxygen atoms in total. The summed E-state index contributed by atoms with van der Waals surface area (Å²) in [6.07, 6.45) is 1.86. The van der Waals surface area contributed by atoms with E-state index in [0.717, 1.165) is 15.4 Å². The zero-order valence-corrected chi connectivity index (χ0v) is 12.5. The summed E-state index contributed by atoms with van der Waals surface area (Å²) in [5.74, 6) is -1.31. The van der Waals surface area contributed by atoms with Crippen molar-refractivity contribution in [1.29, 1.82) is 0 Å². The second-order valence-corrected chi connectivity index (χ2v) is 6.26. The van der Waals surface area contributed by atoms with Gasteiger partial charge >= 0.3 is 5.97 Å². The fraction of sp³-hybridized carbons (Fsp3) is 0.143. The fourth-order valence-electron chi connectivity index (χ4n) is 2.74. The van der Waals surface area contributed by atoms with Crippen LogP contribution in [-0.4, -0.2) is 37.4 Å². The normalized spacial score (nSPS) is 16.9. The molecule has 1 aliphatic rings. The molecule has 4 rings (SSSR count). The number of rotatable bonds is 3. The number of aromatic amines is 2. The van der Waals surface area contributed by atoms with E-state index in [0.29, 0.717) is 11.4 Å². The van der Waals surface area contributed by atoms with Gasteiger partial charge in [-0.2, -0.15) is 10.2 Å². The first-order valence-electron chi connectivity index (χ1n) is 6.84. The number of carboxylic acid groups (broad SMARTS) is 1. The Balaban J connectivity index is 1.79. The Labute approximate surface area is 133 Å². The average molecular weight is 329 g/mol. The molecule has 0 aliphatic carbocycles. The van der Waals surface area contributed by atoms with Gasteiger partial charge in [0.1, 0.15) is 5.69 Å². The number of carbonyl (C=O) groups is 2. The molecular weight excluding hydrogens is 318 g/mol. The van der Waals surface area contributed by atoms with Gasteiger partial charge in [0.25, 0.3) is 0 Å². The molecule has 0 saturated heterocycles. The highest BCUT2D eigenvalue weighted by molar-refractivity contribution is 7.15. The highest BCUT2D eigenvalue weighted by atomic mass is 32.1. The van der Waals surface area contributed by atoms with Gasteiger partial charge in [0.15, 0.2) is 5.82 Å². The number of hydrogen-bond donors (Lipinski definition) is 4. The summed E-state index contributed by atoms with van der Waals surface area (Å²) in [6.45, 7) is 0. The van der Waals surface area contributed by atoms with Crippen molar-refractivity contribution in [2.75, 3.05) is 5.32 Å². The summed E-state index contributed by atoms with van der Waals surface area (Å²) >= 11 is 1.50. The number of anilines is 1. The van der Waals surface area contributed by atoms with E-state index in [9.17, 15) is 14.7 Å². The smallest absolute Gasteiger partial charge is 0.354 e. The number of nitrogens with one attached hydrogen (secondary N) is 3. The minimum atomic E-state index is -1.09. The van der Waals surface area contributed by atoms with Gasteiger partial charge in [0, 0.05) is 29.0 Å². The maximum absolute atomic E-state index is 11.9. The monoisotopic (exact) mass is 329 g/mol. The first kappa shape index (κ1) is 13.7. The lowest BCUT2D eigenvalue weighted by atomic mass is 9.90. The van der Waals surface area contributed by atoms with Crippen LogP contribution in [0.5, 0.6) is 0 Å². The molecule has 0 aromatic carbocycles. The van der Waals surface area contributed by atoms with Gasteiger partial charge in [-0.25, -0.2) is 4.79 Å². The number of carboxylic acids is 1. The van der Waals surface area contributed by atoms with Crippen LogP contribution < -0.4 is 5.32 Å². The number of fused-ring (bicyclic) bond motifs is 1. The summed E-state index contributed by atoms with van der Waals surface area (Å²) in [7, 11) is 0. The molecule has 23 heavy (non-hydrogen) atoms. The number of thiophene rings is 1. The van der Waals surface area contributed by atoms with E-state index in [-0.39, 0.29) is 23.9 Å². The van der Waals surface area contributed by atoms with Crippen LogP contribution in [0.1, 0.15) is 33.3 Å². The quantitative estimate of drug-likeness (QED) is 0.585. The molecule has 0 radical (unpaired) electrons. The van der Waals surface area contributed by atoms with Crippen LogP contribution in [0.25, 0.3) is 10.6 Å². The SMILES string of the molecule is O=C1C[C@H](c2ccc(-c3ccn[nH]3)s2)c2c(n[nH]c2C(=O)O)N1. The number of carbonyl (C=O) groups excluding carboxylic acids is 1. The topological polar surface area (TPSA) is 124 Å². The fourth-order valence-corrected chi connectivity index (χ4v) is 3.83. The van der Waals surface area contributed by atoms with E-state index in [4.69, 9.17) is 0 Å². The highest BCUT2D eigenvalue weighted by Gasteiger charge is 2.34. The Kier molecular flexibility index (Phi) is 3.01. The predicted octanol–water partition coefficient (Wildman–Crippen LogP) is 2.03. The summed E-state index contributed by atoms with van der Waals surface area (Å²) in [5, 5.41) is 25.2. The maximum Gasteiger partial charge on any atom is 0.354 e. The number of aromatic nitrogens is 4. The van der Waals surface area contributed by atoms with Crippen molar-refractivity contribution in [2.45, 2.75) is 12.3 Å². The van der Waals surface area contributed by atoms with Gasteiger partial charge in [-0.15, -0.1) is 11.3 Å². The second-order valence-electron chi connectivity index (χ2n) is 5.14. The zero-order chi connectivity index (χ0) is 16.0. The molecule has 3 aromatic heterocycles. The van der Waals surface area contributed by atoms with Gasteiger partial charge < -0.3 is 10.4 Å². The number of H-pyrrole nitrogens is 2. The largest absolute Gasteiger partial charge is 0.477 e. The average Bonchev–Trinajstić information content (AvgIpc) is 3.25. The molecule has 0 bridgehead atoms. The molecule has 4 heterocycles. The van der Waals surface area contributed by atoms with Crippen LogP contribution >= 0.6 is 11.3 Å². The van der Waals surface area contributed by atoms with Crippen molar-refractivity contribution < 1.29 is 14.7 Å². The summed E-state index contributed by atoms with van der Waals surface area (Å²) < 4.78 is 0. The molecule has 0 fully saturated rings. The summed E-state index contributed by atoms with van der Waals surface area (Å²) in [4.78, 5) is 25.2. The highest BCUT2D eigenvalue weighted by Crippen LogP contribution is 2.42. The number of hydrogen-bond acceptors (Lipinski definition) is 5. The Morgan fingerprint density at radius 2 is 2.17 bits per heavy atom. The van der Waals surface area contributed by atoms with Crippen LogP contribution in [0.3, 0.4) is 0 Å². The molecule has 0 spiro atoms. The molecule has 0 unspecified atom stereocenters. The lowest BCUT2D eigenvalue weighted by Crippen LogP contribution is -2.23. The Morgan fingerprint density at radius 3 is 2.91 bits per heavy atom. The van der Waals surface area contributed by atoms with E-state index >= 15 is 0 Å². The third-order valence-electron chi connectivity index (χ3n) is 3.75. The van der Waals surface area contributed by atoms with Gasteiger partial charge in [0.05, 0.1) is 10.6 Å². The molecular formula is C14H11N5O3S. The van der Waals surface area contributed by atoms with E-state index in [1.54, 1.807) is 6.20 Å². The van der Waals surface area contributed by atoms with E-state index in [2.05, 4.69) is 25.7 Å². The molecule has 3 aromatic rings. The lowest BCUT2D eigenvalue weighted by molar-refractivity contribution is -0.116. The van der Waals surface area contributed by atoms with Crippen LogP contribution in [-0.2, 0) is 4.79 Å². The first-order chi connectivity index (χ1) is 11.1. The summed E-state index contributed by atoms with van der Waals surface area (Å²) in [6, 6.07) is 5.70. The van der Waals surface area contributed by atoms with Crippen molar-refractivity contribution >= 4 is 29.0 Å². The van der Waals surface area contributed by atoms with Crippen molar-refractivity contribution in [1.82, 2.24) is 20.4 Å². The first-order valence-corrected chi connectivity index (χ1v) is 7.66. The molecule has 116 valence electrons. The molecule has 1 aliphatic heterocycles. The van der Waals surface area contributed by atoms with Gasteiger partial charge in [-0.3, -0.25) is 15.0 Å². The zero-order valence-electron chi connectivity index (χ0n) is 11.7. The molecule has 1 atom stereocenters. The Bertz CT molecular complexity index is 896. The van der Waals surface area contributed by atoms with Crippen LogP contribution in [0.15, 0.2) is 24.4 Å². The van der Waals surface area contributed by atoms with Crippen molar-refractivity contribution in [3.05, 3.63) is 40.5 Å². The summed E-state index contributed by atoms with van der Waals surface area (Å²) in [5.41, 5.74) is 1.42. The molecule has 0 saturated carbocycles. The van der Waals surface area contributed by atoms with Crippen LogP contribution in [0, 0.1) is 0 Å². The Morgan fingerprint density at radius 1 is 1.30 bits per heavy atom. The van der Waals surface area contributed by atoms with Gasteiger partial charge in [-0.1, -0.05) is 0 Å². The lowest BCUT2D eigenvalue weighted by Gasteiger charge is -2.21. The maximum atomic E-state index is 11.9. The predicted molar refractivity (Wildman–Crippen MR) is 82.5 cm³/mol. The van der Waals surface area contributed by atoms with E-state index in [1.807, 2.05) is 18.2 Å². The van der Waals surface area contributed by atoms with Crippen molar-refractivity contribution in [2.24, 2.45) is 0 Å². The molecule has 4 N–H and O–H groups in total. The Hall–Kier alpha value is -2.94. The van der Waals surface area contributed by atoms with Crippen LogP contribution in [0.2, 0.25) is 0 Å². The van der Waals surface area contributed by atoms with E-state index in [1.165, 1.54) is 11.3 Å². The molecule has 1 amide bonds. The van der Waals surface area contributed by atoms with Gasteiger partial charge in [-0.05, 0) is 18.2 Å². The minimum absolute atomic E-state index is 0.0153. The molecule has 9 heteroatoms. The third kappa shape index (κ3) is 2.21. The third-order valence-corrected chi connectivity index (χ3v) is 4.98. The number of aromatic carboxylic acids is 1. The van der Waals surface area contributed by atoms with Crippen LogP contribution in [0.4, 0.5) is 5.82 Å².